The third kappa shape index (κ3) is 2.13. The number of halogens is 1. The maximum absolute atomic E-state index is 11.6. The van der Waals surface area contributed by atoms with E-state index in [0.717, 1.165) is 5.56 Å². The fraction of sp³-hybridized carbons (Fsp3) is 0.231. The molecule has 1 aliphatic rings. The van der Waals surface area contributed by atoms with Crippen molar-refractivity contribution in [3.63, 3.8) is 0 Å². The van der Waals surface area contributed by atoms with E-state index >= 15 is 0 Å². The Hall–Kier alpha value is -1.17. The highest BCUT2D eigenvalue weighted by atomic mass is 127. The number of nitrogens with one attached hydrogen (secondary N) is 1. The lowest BCUT2D eigenvalue weighted by atomic mass is 10.0. The number of benzene rings is 1. The highest BCUT2D eigenvalue weighted by Crippen LogP contribution is 2.43. The summed E-state index contributed by atoms with van der Waals surface area (Å²) in [6.07, 6.45) is 4.11. The molecule has 1 aromatic carbocycles. The molecule has 1 fully saturated rings. The summed E-state index contributed by atoms with van der Waals surface area (Å²) in [6.45, 7) is 0. The molecule has 86 valence electrons. The predicted octanol–water partition coefficient (Wildman–Crippen LogP) is 2.92. The first kappa shape index (κ1) is 11.0. The normalized spacial score (nSPS) is 14.9. The number of nitrogens with zero attached hydrogens (tertiary/aromatic N) is 1. The van der Waals surface area contributed by atoms with E-state index in [0.29, 0.717) is 15.3 Å². The van der Waals surface area contributed by atoms with Gasteiger partial charge in [0.05, 0.1) is 3.57 Å². The van der Waals surface area contributed by atoms with Crippen molar-refractivity contribution in [3.05, 3.63) is 49.9 Å². The Morgan fingerprint density at radius 2 is 2.06 bits per heavy atom. The highest BCUT2D eigenvalue weighted by Gasteiger charge is 2.26. The largest absolute Gasteiger partial charge is 0.306 e. The maximum Gasteiger partial charge on any atom is 0.264 e. The summed E-state index contributed by atoms with van der Waals surface area (Å²) >= 11 is 1.99. The van der Waals surface area contributed by atoms with Crippen LogP contribution in [0.5, 0.6) is 0 Å². The summed E-state index contributed by atoms with van der Waals surface area (Å²) < 4.78 is 0.621. The number of aromatic nitrogens is 2. The second kappa shape index (κ2) is 4.25. The molecule has 3 rings (SSSR count). The number of hydrogen-bond donors (Lipinski definition) is 1. The minimum Gasteiger partial charge on any atom is -0.306 e. The van der Waals surface area contributed by atoms with Crippen molar-refractivity contribution in [1.82, 2.24) is 9.97 Å². The number of hydrogen-bond acceptors (Lipinski definition) is 2. The van der Waals surface area contributed by atoms with Crippen LogP contribution in [0, 0.1) is 3.57 Å². The van der Waals surface area contributed by atoms with E-state index in [9.17, 15) is 4.79 Å². The van der Waals surface area contributed by atoms with Gasteiger partial charge in [0, 0.05) is 11.8 Å². The summed E-state index contributed by atoms with van der Waals surface area (Å²) in [5.74, 6) is 1.33. The Balaban J connectivity index is 2.14. The molecule has 2 aromatic rings. The van der Waals surface area contributed by atoms with Gasteiger partial charge in [-0.25, -0.2) is 4.98 Å². The second-order valence-electron chi connectivity index (χ2n) is 4.27. The van der Waals surface area contributed by atoms with E-state index in [4.69, 9.17) is 0 Å². The van der Waals surface area contributed by atoms with E-state index in [-0.39, 0.29) is 5.56 Å². The summed E-state index contributed by atoms with van der Waals surface area (Å²) in [5.41, 5.74) is 2.29. The first-order valence-corrected chi connectivity index (χ1v) is 6.67. The average Bonchev–Trinajstić information content (AvgIpc) is 3.17. The summed E-state index contributed by atoms with van der Waals surface area (Å²) in [5, 5.41) is 0. The lowest BCUT2D eigenvalue weighted by Gasteiger charge is -2.07. The molecule has 3 nitrogen and oxygen atoms in total. The standard InChI is InChI=1S/C13H11IN2O/c14-11-7-15-12(16-13(11)17)10-4-2-1-3-9(10)8-5-6-8/h1-4,7-8H,5-6H2,(H,15,16,17). The van der Waals surface area contributed by atoms with Gasteiger partial charge in [0.2, 0.25) is 0 Å². The SMILES string of the molecule is O=c1[nH]c(-c2ccccc2C2CC2)ncc1I. The third-order valence-electron chi connectivity index (χ3n) is 2.99. The molecule has 0 bridgehead atoms. The van der Waals surface area contributed by atoms with Crippen LogP contribution < -0.4 is 5.56 Å². The van der Waals surface area contributed by atoms with Crippen LogP contribution in [-0.4, -0.2) is 9.97 Å². The van der Waals surface area contributed by atoms with Crippen molar-refractivity contribution in [2.24, 2.45) is 0 Å². The number of aromatic amines is 1. The molecule has 0 radical (unpaired) electrons. The van der Waals surface area contributed by atoms with E-state index in [2.05, 4.69) is 16.0 Å². The molecule has 0 unspecified atom stereocenters. The highest BCUT2D eigenvalue weighted by molar-refractivity contribution is 14.1. The summed E-state index contributed by atoms with van der Waals surface area (Å²) in [4.78, 5) is 18.8. The smallest absolute Gasteiger partial charge is 0.264 e. The average molecular weight is 338 g/mol. The first-order valence-electron chi connectivity index (χ1n) is 5.60. The second-order valence-corrected chi connectivity index (χ2v) is 5.43. The molecule has 1 saturated carbocycles. The topological polar surface area (TPSA) is 45.8 Å². The molecular formula is C13H11IN2O. The van der Waals surface area contributed by atoms with Gasteiger partial charge in [-0.2, -0.15) is 0 Å². The molecule has 1 N–H and O–H groups in total. The molecule has 0 aliphatic heterocycles. The molecule has 17 heavy (non-hydrogen) atoms. The van der Waals surface area contributed by atoms with Crippen LogP contribution in [0.1, 0.15) is 24.3 Å². The van der Waals surface area contributed by atoms with Crippen LogP contribution in [0.15, 0.2) is 35.3 Å². The van der Waals surface area contributed by atoms with Gasteiger partial charge in [0.15, 0.2) is 0 Å². The quantitative estimate of drug-likeness (QED) is 0.856. The van der Waals surface area contributed by atoms with E-state index in [1.807, 2.05) is 40.8 Å². The van der Waals surface area contributed by atoms with Crippen LogP contribution in [-0.2, 0) is 0 Å². The van der Waals surface area contributed by atoms with Gasteiger partial charge in [-0.15, -0.1) is 0 Å². The third-order valence-corrected chi connectivity index (χ3v) is 3.76. The molecule has 0 saturated heterocycles. The lowest BCUT2D eigenvalue weighted by Crippen LogP contribution is -2.11. The molecule has 4 heteroatoms. The summed E-state index contributed by atoms with van der Waals surface area (Å²) in [6, 6.07) is 8.19. The minimum absolute atomic E-state index is 0.0683. The zero-order valence-electron chi connectivity index (χ0n) is 9.11. The lowest BCUT2D eigenvalue weighted by molar-refractivity contribution is 1.07. The monoisotopic (exact) mass is 338 g/mol. The van der Waals surface area contributed by atoms with Crippen LogP contribution >= 0.6 is 22.6 Å². The van der Waals surface area contributed by atoms with Crippen LogP contribution in [0.3, 0.4) is 0 Å². The van der Waals surface area contributed by atoms with Crippen molar-refractivity contribution >= 4 is 22.6 Å². The van der Waals surface area contributed by atoms with Gasteiger partial charge in [-0.1, -0.05) is 24.3 Å². The Morgan fingerprint density at radius 3 is 2.76 bits per heavy atom. The Labute approximate surface area is 112 Å². The molecule has 0 atom stereocenters. The fourth-order valence-corrected chi connectivity index (χ4v) is 2.25. The van der Waals surface area contributed by atoms with Gasteiger partial charge in [0.25, 0.3) is 5.56 Å². The Bertz CT molecular complexity index is 617. The zero-order valence-corrected chi connectivity index (χ0v) is 11.3. The van der Waals surface area contributed by atoms with E-state index < -0.39 is 0 Å². The molecular weight excluding hydrogens is 327 g/mol. The van der Waals surface area contributed by atoms with Crippen LogP contribution in [0.4, 0.5) is 0 Å². The fourth-order valence-electron chi connectivity index (χ4n) is 1.98. The van der Waals surface area contributed by atoms with Crippen molar-refractivity contribution < 1.29 is 0 Å². The van der Waals surface area contributed by atoms with Crippen molar-refractivity contribution in [2.75, 3.05) is 0 Å². The van der Waals surface area contributed by atoms with E-state index in [1.54, 1.807) is 6.20 Å². The van der Waals surface area contributed by atoms with Gasteiger partial charge >= 0.3 is 0 Å². The van der Waals surface area contributed by atoms with Crippen molar-refractivity contribution in [2.45, 2.75) is 18.8 Å². The van der Waals surface area contributed by atoms with Gasteiger partial charge in [-0.05, 0) is 46.9 Å². The van der Waals surface area contributed by atoms with Crippen LogP contribution in [0.2, 0.25) is 0 Å². The molecule has 0 amide bonds. The van der Waals surface area contributed by atoms with Crippen molar-refractivity contribution in [1.29, 1.82) is 0 Å². The first-order chi connectivity index (χ1) is 8.25. The molecule has 1 aromatic heterocycles. The Morgan fingerprint density at radius 1 is 1.29 bits per heavy atom. The molecule has 1 aliphatic carbocycles. The number of rotatable bonds is 2. The summed E-state index contributed by atoms with van der Waals surface area (Å²) in [7, 11) is 0. The van der Waals surface area contributed by atoms with Crippen LogP contribution in [0.25, 0.3) is 11.4 Å². The Kier molecular flexibility index (Phi) is 2.74. The van der Waals surface area contributed by atoms with Crippen molar-refractivity contribution in [3.8, 4) is 11.4 Å². The van der Waals surface area contributed by atoms with E-state index in [1.165, 1.54) is 18.4 Å². The van der Waals surface area contributed by atoms with Gasteiger partial charge < -0.3 is 4.98 Å². The molecule has 0 spiro atoms. The van der Waals surface area contributed by atoms with Gasteiger partial charge in [0.1, 0.15) is 5.82 Å². The van der Waals surface area contributed by atoms with Gasteiger partial charge in [-0.3, -0.25) is 4.79 Å². The zero-order chi connectivity index (χ0) is 11.8. The minimum atomic E-state index is -0.0683. The predicted molar refractivity (Wildman–Crippen MR) is 75.0 cm³/mol. The molecule has 1 heterocycles. The maximum atomic E-state index is 11.6. The number of H-pyrrole nitrogens is 1.